The topological polar surface area (TPSA) is 4.93 Å². The van der Waals surface area contributed by atoms with E-state index in [4.69, 9.17) is 0 Å². The van der Waals surface area contributed by atoms with Crippen molar-refractivity contribution in [3.8, 4) is 11.3 Å². The maximum atomic E-state index is 2.32. The summed E-state index contributed by atoms with van der Waals surface area (Å²) in [5, 5.41) is 1.33. The molecule has 0 spiro atoms. The molecule has 96 valence electrons. The van der Waals surface area contributed by atoms with Gasteiger partial charge in [0.25, 0.3) is 0 Å². The predicted octanol–water partition coefficient (Wildman–Crippen LogP) is 4.97. The highest BCUT2D eigenvalue weighted by molar-refractivity contribution is 5.89. The Morgan fingerprint density at radius 2 is 1.63 bits per heavy atom. The fraction of sp³-hybridized carbons (Fsp3) is 0.222. The molecule has 1 nitrogen and oxygen atoms in total. The van der Waals surface area contributed by atoms with Crippen molar-refractivity contribution in [2.45, 2.75) is 19.8 Å². The predicted molar refractivity (Wildman–Crippen MR) is 82.4 cm³/mol. The van der Waals surface area contributed by atoms with E-state index in [2.05, 4.69) is 80.1 Å². The summed E-state index contributed by atoms with van der Waals surface area (Å²) in [6.07, 6.45) is 0. The Balaban J connectivity index is 2.30. The van der Waals surface area contributed by atoms with Crippen LogP contribution in [0.3, 0.4) is 0 Å². The Morgan fingerprint density at radius 3 is 2.32 bits per heavy atom. The molecule has 0 saturated carbocycles. The van der Waals surface area contributed by atoms with Crippen LogP contribution in [0.5, 0.6) is 0 Å². The maximum absolute atomic E-state index is 2.32. The van der Waals surface area contributed by atoms with Crippen molar-refractivity contribution >= 4 is 10.9 Å². The first-order valence-corrected chi connectivity index (χ1v) is 6.82. The molecule has 3 aromatic rings. The fourth-order valence-corrected chi connectivity index (χ4v) is 2.80. The molecular formula is C18H19N. The standard InChI is InChI=1S/C18H19N/c1-13(2)16-11-7-10-15-12-17(19(3)18(15)16)14-8-5-4-6-9-14/h4-13H,1-3H3. The normalized spacial score (nSPS) is 11.4. The number of para-hydroxylation sites is 1. The minimum absolute atomic E-state index is 0.543. The highest BCUT2D eigenvalue weighted by Crippen LogP contribution is 2.31. The van der Waals surface area contributed by atoms with Gasteiger partial charge in [0.1, 0.15) is 0 Å². The first-order valence-electron chi connectivity index (χ1n) is 6.82. The van der Waals surface area contributed by atoms with Gasteiger partial charge in [0.05, 0.1) is 5.52 Å². The average molecular weight is 249 g/mol. The average Bonchev–Trinajstić information content (AvgIpc) is 2.77. The van der Waals surface area contributed by atoms with Crippen LogP contribution < -0.4 is 0 Å². The molecule has 0 aliphatic carbocycles. The number of aromatic nitrogens is 1. The van der Waals surface area contributed by atoms with Crippen LogP contribution in [0.25, 0.3) is 22.2 Å². The van der Waals surface area contributed by atoms with E-state index in [0.717, 1.165) is 0 Å². The minimum atomic E-state index is 0.543. The smallest absolute Gasteiger partial charge is 0.0517 e. The Labute approximate surface area is 114 Å². The van der Waals surface area contributed by atoms with Gasteiger partial charge in [-0.2, -0.15) is 0 Å². The van der Waals surface area contributed by atoms with Crippen molar-refractivity contribution in [3.05, 3.63) is 60.2 Å². The summed E-state index contributed by atoms with van der Waals surface area (Å²) in [5.41, 5.74) is 5.33. The highest BCUT2D eigenvalue weighted by atomic mass is 14.9. The summed E-state index contributed by atoms with van der Waals surface area (Å²) in [4.78, 5) is 0. The molecule has 1 aromatic heterocycles. The Kier molecular flexibility index (Phi) is 2.90. The van der Waals surface area contributed by atoms with Crippen molar-refractivity contribution in [1.82, 2.24) is 4.57 Å². The third-order valence-electron chi connectivity index (χ3n) is 3.78. The summed E-state index contributed by atoms with van der Waals surface area (Å²) >= 11 is 0. The molecule has 0 amide bonds. The molecule has 0 aliphatic heterocycles. The van der Waals surface area contributed by atoms with Gasteiger partial charge in [0.2, 0.25) is 0 Å². The van der Waals surface area contributed by atoms with Gasteiger partial charge >= 0.3 is 0 Å². The SMILES string of the molecule is CC(C)c1cccc2cc(-c3ccccc3)n(C)c12. The van der Waals surface area contributed by atoms with E-state index in [1.807, 2.05) is 0 Å². The van der Waals surface area contributed by atoms with E-state index >= 15 is 0 Å². The Morgan fingerprint density at radius 1 is 0.895 bits per heavy atom. The first kappa shape index (κ1) is 12.0. The zero-order valence-electron chi connectivity index (χ0n) is 11.7. The van der Waals surface area contributed by atoms with E-state index < -0.39 is 0 Å². The van der Waals surface area contributed by atoms with Crippen molar-refractivity contribution in [3.63, 3.8) is 0 Å². The molecule has 1 heteroatoms. The lowest BCUT2D eigenvalue weighted by Crippen LogP contribution is -1.96. The second-order valence-corrected chi connectivity index (χ2v) is 5.39. The monoisotopic (exact) mass is 249 g/mol. The van der Waals surface area contributed by atoms with Gasteiger partial charge in [-0.15, -0.1) is 0 Å². The lowest BCUT2D eigenvalue weighted by atomic mass is 10.0. The molecule has 3 rings (SSSR count). The second-order valence-electron chi connectivity index (χ2n) is 5.39. The largest absolute Gasteiger partial charge is 0.343 e. The van der Waals surface area contributed by atoms with Crippen LogP contribution in [0, 0.1) is 0 Å². The molecule has 0 saturated heterocycles. The van der Waals surface area contributed by atoms with Gasteiger partial charge in [-0.3, -0.25) is 0 Å². The van der Waals surface area contributed by atoms with E-state index in [9.17, 15) is 0 Å². The zero-order chi connectivity index (χ0) is 13.4. The third-order valence-corrected chi connectivity index (χ3v) is 3.78. The quantitative estimate of drug-likeness (QED) is 0.604. The van der Waals surface area contributed by atoms with E-state index in [1.165, 1.54) is 27.7 Å². The Hall–Kier alpha value is -2.02. The molecule has 0 unspecified atom stereocenters. The summed E-state index contributed by atoms with van der Waals surface area (Å²) in [7, 11) is 2.16. The number of nitrogens with zero attached hydrogens (tertiary/aromatic N) is 1. The number of rotatable bonds is 2. The third kappa shape index (κ3) is 1.95. The molecule has 0 atom stereocenters. The molecule has 1 heterocycles. The summed E-state index contributed by atoms with van der Waals surface area (Å²) in [6, 6.07) is 19.5. The zero-order valence-corrected chi connectivity index (χ0v) is 11.7. The van der Waals surface area contributed by atoms with Crippen molar-refractivity contribution in [2.24, 2.45) is 7.05 Å². The molecule has 0 fully saturated rings. The maximum Gasteiger partial charge on any atom is 0.0517 e. The fourth-order valence-electron chi connectivity index (χ4n) is 2.80. The van der Waals surface area contributed by atoms with Crippen LogP contribution in [0.4, 0.5) is 0 Å². The van der Waals surface area contributed by atoms with Gasteiger partial charge < -0.3 is 4.57 Å². The Bertz CT molecular complexity index is 705. The van der Waals surface area contributed by atoms with E-state index in [-0.39, 0.29) is 0 Å². The number of hydrogen-bond acceptors (Lipinski definition) is 0. The van der Waals surface area contributed by atoms with E-state index in [0.29, 0.717) is 5.92 Å². The highest BCUT2D eigenvalue weighted by Gasteiger charge is 2.12. The summed E-state index contributed by atoms with van der Waals surface area (Å²) in [5.74, 6) is 0.543. The lowest BCUT2D eigenvalue weighted by Gasteiger charge is -2.11. The van der Waals surface area contributed by atoms with Crippen molar-refractivity contribution in [2.75, 3.05) is 0 Å². The summed E-state index contributed by atoms with van der Waals surface area (Å²) < 4.78 is 2.32. The minimum Gasteiger partial charge on any atom is -0.343 e. The van der Waals surface area contributed by atoms with Crippen molar-refractivity contribution in [1.29, 1.82) is 0 Å². The van der Waals surface area contributed by atoms with Crippen LogP contribution in [0.2, 0.25) is 0 Å². The van der Waals surface area contributed by atoms with Crippen LogP contribution >= 0.6 is 0 Å². The summed E-state index contributed by atoms with van der Waals surface area (Å²) in [6.45, 7) is 4.51. The number of hydrogen-bond donors (Lipinski definition) is 0. The number of benzene rings is 2. The van der Waals surface area contributed by atoms with Crippen molar-refractivity contribution < 1.29 is 0 Å². The molecule has 0 N–H and O–H groups in total. The van der Waals surface area contributed by atoms with E-state index in [1.54, 1.807) is 0 Å². The lowest BCUT2D eigenvalue weighted by molar-refractivity contribution is 0.858. The van der Waals surface area contributed by atoms with Gasteiger partial charge in [0.15, 0.2) is 0 Å². The molecular weight excluding hydrogens is 230 g/mol. The van der Waals surface area contributed by atoms with Crippen LogP contribution in [-0.4, -0.2) is 4.57 Å². The number of fused-ring (bicyclic) bond motifs is 1. The van der Waals surface area contributed by atoms with Crippen LogP contribution in [-0.2, 0) is 7.05 Å². The second kappa shape index (κ2) is 4.58. The van der Waals surface area contributed by atoms with Gasteiger partial charge in [0, 0.05) is 18.1 Å². The van der Waals surface area contributed by atoms with Gasteiger partial charge in [-0.1, -0.05) is 62.4 Å². The molecule has 2 aromatic carbocycles. The number of aryl methyl sites for hydroxylation is 1. The van der Waals surface area contributed by atoms with Gasteiger partial charge in [-0.25, -0.2) is 0 Å². The van der Waals surface area contributed by atoms with Crippen LogP contribution in [0.1, 0.15) is 25.3 Å². The molecule has 0 radical (unpaired) electrons. The molecule has 19 heavy (non-hydrogen) atoms. The van der Waals surface area contributed by atoms with Gasteiger partial charge in [-0.05, 0) is 23.1 Å². The molecule has 0 bridgehead atoms. The first-order chi connectivity index (χ1) is 9.18. The van der Waals surface area contributed by atoms with Crippen LogP contribution in [0.15, 0.2) is 54.6 Å². The molecule has 0 aliphatic rings.